The van der Waals surface area contributed by atoms with E-state index in [9.17, 15) is 4.79 Å². The maximum absolute atomic E-state index is 12.0. The van der Waals surface area contributed by atoms with E-state index in [1.54, 1.807) is 13.0 Å². The molecule has 0 spiro atoms. The number of carbonyl (C=O) groups excluding carboxylic acids is 1. The van der Waals surface area contributed by atoms with Gasteiger partial charge in [-0.05, 0) is 32.0 Å². The number of aryl methyl sites for hydroxylation is 2. The Balaban J connectivity index is 1.77. The van der Waals surface area contributed by atoms with E-state index in [4.69, 9.17) is 4.42 Å². The molecule has 6 heteroatoms. The summed E-state index contributed by atoms with van der Waals surface area (Å²) >= 11 is 0. The molecule has 0 saturated heterocycles. The number of nitrogens with one attached hydrogen (secondary N) is 1. The predicted octanol–water partition coefficient (Wildman–Crippen LogP) is 2.36. The predicted molar refractivity (Wildman–Crippen MR) is 71.2 cm³/mol. The number of hydrogen-bond donors (Lipinski definition) is 1. The van der Waals surface area contributed by atoms with Gasteiger partial charge in [-0.1, -0.05) is 21.9 Å². The lowest BCUT2D eigenvalue weighted by Gasteiger charge is -1.99. The summed E-state index contributed by atoms with van der Waals surface area (Å²) in [5.74, 6) is -0.0130. The van der Waals surface area contributed by atoms with Crippen molar-refractivity contribution in [1.29, 1.82) is 0 Å². The van der Waals surface area contributed by atoms with E-state index in [1.807, 2.05) is 25.1 Å². The van der Waals surface area contributed by atoms with Crippen molar-refractivity contribution in [3.63, 3.8) is 0 Å². The summed E-state index contributed by atoms with van der Waals surface area (Å²) in [4.78, 5) is 12.0. The molecule has 0 atom stereocenters. The lowest BCUT2D eigenvalue weighted by Crippen LogP contribution is -2.22. The Kier molecular flexibility index (Phi) is 2.98. The van der Waals surface area contributed by atoms with Gasteiger partial charge >= 0.3 is 0 Å². The first-order chi connectivity index (χ1) is 9.63. The maximum atomic E-state index is 12.0. The van der Waals surface area contributed by atoms with E-state index in [-0.39, 0.29) is 18.2 Å². The number of amides is 1. The molecule has 0 fully saturated rings. The highest BCUT2D eigenvalue weighted by Crippen LogP contribution is 2.20. The van der Waals surface area contributed by atoms with Crippen LogP contribution in [0.15, 0.2) is 33.3 Å². The fraction of sp³-hybridized carbons (Fsp3) is 0.214. The zero-order valence-electron chi connectivity index (χ0n) is 11.1. The van der Waals surface area contributed by atoms with Crippen LogP contribution in [0.5, 0.6) is 0 Å². The molecule has 1 aromatic carbocycles. The van der Waals surface area contributed by atoms with Crippen molar-refractivity contribution in [2.75, 3.05) is 0 Å². The molecule has 1 amide bonds. The first kappa shape index (κ1) is 12.4. The molecule has 102 valence electrons. The van der Waals surface area contributed by atoms with Crippen molar-refractivity contribution in [2.45, 2.75) is 20.4 Å². The van der Waals surface area contributed by atoms with Gasteiger partial charge < -0.3 is 9.73 Å². The summed E-state index contributed by atoms with van der Waals surface area (Å²) in [6.45, 7) is 4.01. The second-order valence-electron chi connectivity index (χ2n) is 4.63. The van der Waals surface area contributed by atoms with Crippen LogP contribution in [0.3, 0.4) is 0 Å². The van der Waals surface area contributed by atoms with Crippen LogP contribution in [-0.4, -0.2) is 16.2 Å². The summed E-state index contributed by atoms with van der Waals surface area (Å²) < 4.78 is 10.1. The van der Waals surface area contributed by atoms with Crippen molar-refractivity contribution in [3.05, 3.63) is 47.0 Å². The van der Waals surface area contributed by atoms with E-state index in [2.05, 4.69) is 20.3 Å². The van der Waals surface area contributed by atoms with E-state index >= 15 is 0 Å². The van der Waals surface area contributed by atoms with Gasteiger partial charge in [-0.2, -0.15) is 0 Å². The minimum atomic E-state index is -0.291. The van der Waals surface area contributed by atoms with Crippen molar-refractivity contribution in [1.82, 2.24) is 15.6 Å². The molecule has 0 aliphatic heterocycles. The monoisotopic (exact) mass is 271 g/mol. The molecule has 1 N–H and O–H groups in total. The maximum Gasteiger partial charge on any atom is 0.287 e. The first-order valence-corrected chi connectivity index (χ1v) is 6.20. The van der Waals surface area contributed by atoms with Gasteiger partial charge in [-0.25, -0.2) is 4.63 Å². The van der Waals surface area contributed by atoms with Crippen molar-refractivity contribution in [2.24, 2.45) is 0 Å². The lowest BCUT2D eigenvalue weighted by molar-refractivity contribution is 0.0924. The van der Waals surface area contributed by atoms with E-state index in [0.29, 0.717) is 17.0 Å². The highest BCUT2D eigenvalue weighted by Gasteiger charge is 2.13. The lowest BCUT2D eigenvalue weighted by atomic mass is 10.2. The molecule has 0 aliphatic rings. The number of furan rings is 1. The minimum absolute atomic E-state index is 0.254. The Bertz CT molecular complexity index is 773. The average Bonchev–Trinajstić information content (AvgIpc) is 3.01. The molecule has 20 heavy (non-hydrogen) atoms. The van der Waals surface area contributed by atoms with Gasteiger partial charge in [0, 0.05) is 5.39 Å². The fourth-order valence-corrected chi connectivity index (χ4v) is 1.94. The van der Waals surface area contributed by atoms with Gasteiger partial charge in [0.1, 0.15) is 17.0 Å². The van der Waals surface area contributed by atoms with Gasteiger partial charge in [0.2, 0.25) is 0 Å². The molecule has 6 nitrogen and oxygen atoms in total. The first-order valence-electron chi connectivity index (χ1n) is 6.20. The average molecular weight is 271 g/mol. The van der Waals surface area contributed by atoms with Crippen molar-refractivity contribution in [3.8, 4) is 0 Å². The van der Waals surface area contributed by atoms with Crippen LogP contribution in [0.4, 0.5) is 0 Å². The number of hydrogen-bond acceptors (Lipinski definition) is 5. The zero-order valence-corrected chi connectivity index (χ0v) is 11.1. The molecule has 3 rings (SSSR count). The van der Waals surface area contributed by atoms with Gasteiger partial charge in [-0.3, -0.25) is 4.79 Å². The second-order valence-corrected chi connectivity index (χ2v) is 4.63. The van der Waals surface area contributed by atoms with Crippen LogP contribution in [0.25, 0.3) is 11.0 Å². The number of fused-ring (bicyclic) bond motifs is 1. The standard InChI is InChI=1S/C14H13N3O3/c1-8-3-4-12-10(5-8)6-13(19-12)14(18)15-7-11-9(2)16-20-17-11/h3-6H,7H2,1-2H3,(H,15,18). The highest BCUT2D eigenvalue weighted by atomic mass is 16.6. The third-order valence-corrected chi connectivity index (χ3v) is 3.06. The molecule has 2 aromatic heterocycles. The Morgan fingerprint density at radius 3 is 2.85 bits per heavy atom. The van der Waals surface area contributed by atoms with Gasteiger partial charge in [0.25, 0.3) is 5.91 Å². The number of rotatable bonds is 3. The molecule has 0 radical (unpaired) electrons. The van der Waals surface area contributed by atoms with E-state index in [0.717, 1.165) is 10.9 Å². The van der Waals surface area contributed by atoms with Crippen LogP contribution in [0.1, 0.15) is 27.5 Å². The summed E-state index contributed by atoms with van der Waals surface area (Å²) in [7, 11) is 0. The Morgan fingerprint density at radius 1 is 1.25 bits per heavy atom. The number of aromatic nitrogens is 2. The molecule has 0 aliphatic carbocycles. The number of nitrogens with zero attached hydrogens (tertiary/aromatic N) is 2. The molecule has 0 bridgehead atoms. The SMILES string of the molecule is Cc1ccc2oc(C(=O)NCc3nonc3C)cc2c1. The third-order valence-electron chi connectivity index (χ3n) is 3.06. The van der Waals surface area contributed by atoms with Crippen LogP contribution >= 0.6 is 0 Å². The number of benzene rings is 1. The third kappa shape index (κ3) is 2.27. The van der Waals surface area contributed by atoms with Crippen molar-refractivity contribution < 1.29 is 13.8 Å². The molecule has 0 unspecified atom stereocenters. The van der Waals surface area contributed by atoms with Gasteiger partial charge in [0.05, 0.1) is 6.54 Å². The molecular formula is C14H13N3O3. The topological polar surface area (TPSA) is 81.2 Å². The Morgan fingerprint density at radius 2 is 2.10 bits per heavy atom. The number of carbonyl (C=O) groups is 1. The highest BCUT2D eigenvalue weighted by molar-refractivity contribution is 5.96. The molecular weight excluding hydrogens is 258 g/mol. The Hall–Kier alpha value is -2.63. The molecule has 3 aromatic rings. The second kappa shape index (κ2) is 4.80. The molecule has 0 saturated carbocycles. The van der Waals surface area contributed by atoms with Gasteiger partial charge in [0.15, 0.2) is 5.76 Å². The summed E-state index contributed by atoms with van der Waals surface area (Å²) in [6, 6.07) is 7.50. The van der Waals surface area contributed by atoms with Crippen LogP contribution in [0.2, 0.25) is 0 Å². The summed E-state index contributed by atoms with van der Waals surface area (Å²) in [6.07, 6.45) is 0. The van der Waals surface area contributed by atoms with Crippen molar-refractivity contribution >= 4 is 16.9 Å². The minimum Gasteiger partial charge on any atom is -0.451 e. The van der Waals surface area contributed by atoms with Crippen LogP contribution in [-0.2, 0) is 6.54 Å². The largest absolute Gasteiger partial charge is 0.451 e. The Labute approximate surface area is 114 Å². The quantitative estimate of drug-likeness (QED) is 0.790. The van der Waals surface area contributed by atoms with E-state index < -0.39 is 0 Å². The smallest absolute Gasteiger partial charge is 0.287 e. The zero-order chi connectivity index (χ0) is 14.1. The normalized spacial score (nSPS) is 10.9. The van der Waals surface area contributed by atoms with Crippen LogP contribution < -0.4 is 5.32 Å². The fourth-order valence-electron chi connectivity index (χ4n) is 1.94. The molecule has 2 heterocycles. The summed E-state index contributed by atoms with van der Waals surface area (Å²) in [5, 5.41) is 11.0. The summed E-state index contributed by atoms with van der Waals surface area (Å²) in [5.41, 5.74) is 3.07. The van der Waals surface area contributed by atoms with E-state index in [1.165, 1.54) is 0 Å². The van der Waals surface area contributed by atoms with Crippen LogP contribution in [0, 0.1) is 13.8 Å². The van der Waals surface area contributed by atoms with Gasteiger partial charge in [-0.15, -0.1) is 0 Å².